The number of ether oxygens (including phenoxy) is 1. The highest BCUT2D eigenvalue weighted by Crippen LogP contribution is 2.41. The standard InChI is InChI=1S/C28H36N6O6S/c1-4-29-25(37)31-22-19(15-21(41-22)20-7-5-6-10-30-20)23(35)32-11-8-18(9-12-32)33-13-14-34(26(38)39)28(17-33)16-27(2,3)40-24(28)36/h5-7,10,15,18H,4,8-9,11-14,16-17H2,1-3H3,(H,38,39)(H2,29,31,37). The molecule has 0 saturated carbocycles. The minimum absolute atomic E-state index is 0.0999. The number of urea groups is 1. The second-order valence-corrected chi connectivity index (χ2v) is 12.4. The van der Waals surface area contributed by atoms with Gasteiger partial charge in [-0.1, -0.05) is 6.07 Å². The largest absolute Gasteiger partial charge is 0.465 e. The van der Waals surface area contributed by atoms with Crippen LogP contribution in [0, 0.1) is 0 Å². The number of nitrogens with zero attached hydrogens (tertiary/aromatic N) is 4. The molecule has 1 unspecified atom stereocenters. The second kappa shape index (κ2) is 11.3. The topological polar surface area (TPSA) is 144 Å². The van der Waals surface area contributed by atoms with Crippen LogP contribution >= 0.6 is 11.3 Å². The lowest BCUT2D eigenvalue weighted by atomic mass is 9.85. The molecule has 4 amide bonds. The Bertz CT molecular complexity index is 1320. The van der Waals surface area contributed by atoms with E-state index in [0.29, 0.717) is 56.0 Å². The SMILES string of the molecule is CCNC(=O)Nc1sc(-c2ccccn2)cc1C(=O)N1CCC(N2CCN(C(=O)O)C3(C2)CC(C)(C)OC3=O)CC1. The maximum Gasteiger partial charge on any atom is 0.408 e. The van der Waals surface area contributed by atoms with E-state index in [2.05, 4.69) is 20.5 Å². The van der Waals surface area contributed by atoms with Crippen molar-refractivity contribution < 1.29 is 29.0 Å². The van der Waals surface area contributed by atoms with Crippen LogP contribution in [-0.2, 0) is 9.53 Å². The van der Waals surface area contributed by atoms with E-state index in [1.54, 1.807) is 31.0 Å². The molecule has 3 N–H and O–H groups in total. The van der Waals surface area contributed by atoms with Crippen LogP contribution < -0.4 is 10.6 Å². The molecule has 220 valence electrons. The minimum Gasteiger partial charge on any atom is -0.465 e. The molecular formula is C28H36N6O6S. The number of nitrogens with one attached hydrogen (secondary N) is 2. The van der Waals surface area contributed by atoms with Gasteiger partial charge >= 0.3 is 18.1 Å². The summed E-state index contributed by atoms with van der Waals surface area (Å²) in [7, 11) is 0. The summed E-state index contributed by atoms with van der Waals surface area (Å²) in [6.45, 7) is 7.91. The molecular weight excluding hydrogens is 548 g/mol. The van der Waals surface area contributed by atoms with Gasteiger partial charge in [0.05, 0.1) is 16.1 Å². The molecule has 2 aromatic heterocycles. The van der Waals surface area contributed by atoms with Gasteiger partial charge in [-0.25, -0.2) is 14.4 Å². The van der Waals surface area contributed by atoms with E-state index in [1.807, 2.05) is 25.1 Å². The number of thiophene rings is 1. The molecule has 3 saturated heterocycles. The number of amides is 4. The van der Waals surface area contributed by atoms with Gasteiger partial charge in [0.2, 0.25) is 0 Å². The van der Waals surface area contributed by atoms with E-state index < -0.39 is 23.2 Å². The number of carbonyl (C=O) groups excluding carboxylic acids is 3. The van der Waals surface area contributed by atoms with Crippen LogP contribution in [0.5, 0.6) is 0 Å². The first-order chi connectivity index (χ1) is 19.5. The Kier molecular flexibility index (Phi) is 7.93. The van der Waals surface area contributed by atoms with Crippen molar-refractivity contribution in [2.45, 2.75) is 57.2 Å². The fourth-order valence-corrected chi connectivity index (χ4v) is 7.23. The summed E-state index contributed by atoms with van der Waals surface area (Å²) in [4.78, 5) is 61.5. The summed E-state index contributed by atoms with van der Waals surface area (Å²) in [6.07, 6.45) is 2.24. The van der Waals surface area contributed by atoms with E-state index in [0.717, 1.165) is 10.6 Å². The number of likely N-dealkylation sites (tertiary alicyclic amines) is 1. The number of pyridine rings is 1. The molecule has 12 nitrogen and oxygen atoms in total. The van der Waals surface area contributed by atoms with Crippen molar-refractivity contribution in [3.8, 4) is 10.6 Å². The molecule has 2 aromatic rings. The number of cyclic esters (lactones) is 1. The summed E-state index contributed by atoms with van der Waals surface area (Å²) >= 11 is 1.31. The Hall–Kier alpha value is -3.71. The van der Waals surface area contributed by atoms with Gasteiger partial charge in [-0.05, 0) is 51.8 Å². The Balaban J connectivity index is 1.29. The summed E-state index contributed by atoms with van der Waals surface area (Å²) in [5, 5.41) is 15.9. The van der Waals surface area contributed by atoms with Gasteiger partial charge in [0.1, 0.15) is 10.6 Å². The fraction of sp³-hybridized carbons (Fsp3) is 0.536. The van der Waals surface area contributed by atoms with Crippen molar-refractivity contribution in [3.05, 3.63) is 36.0 Å². The van der Waals surface area contributed by atoms with Gasteiger partial charge in [-0.15, -0.1) is 11.3 Å². The number of aromatic nitrogens is 1. The van der Waals surface area contributed by atoms with Crippen LogP contribution in [0.2, 0.25) is 0 Å². The first-order valence-electron chi connectivity index (χ1n) is 13.9. The van der Waals surface area contributed by atoms with Gasteiger partial charge in [-0.2, -0.15) is 0 Å². The molecule has 0 bridgehead atoms. The zero-order valence-corrected chi connectivity index (χ0v) is 24.3. The first-order valence-corrected chi connectivity index (χ1v) is 14.7. The highest BCUT2D eigenvalue weighted by atomic mass is 32.1. The number of hydrogen-bond donors (Lipinski definition) is 3. The Labute approximate surface area is 242 Å². The summed E-state index contributed by atoms with van der Waals surface area (Å²) < 4.78 is 5.58. The van der Waals surface area contributed by atoms with Crippen molar-refractivity contribution in [1.29, 1.82) is 0 Å². The molecule has 0 aromatic carbocycles. The number of piperazine rings is 1. The van der Waals surface area contributed by atoms with Gasteiger partial charge in [-0.3, -0.25) is 24.9 Å². The summed E-state index contributed by atoms with van der Waals surface area (Å²) in [5.41, 5.74) is -0.820. The van der Waals surface area contributed by atoms with E-state index in [-0.39, 0.29) is 31.1 Å². The number of hydrogen-bond acceptors (Lipinski definition) is 8. The molecule has 5 rings (SSSR count). The zero-order valence-electron chi connectivity index (χ0n) is 23.5. The normalized spacial score (nSPS) is 23.0. The lowest BCUT2D eigenvalue weighted by molar-refractivity contribution is -0.156. The molecule has 1 spiro atoms. The van der Waals surface area contributed by atoms with Gasteiger partial charge in [0.15, 0.2) is 5.54 Å². The molecule has 3 aliphatic heterocycles. The van der Waals surface area contributed by atoms with Crippen LogP contribution in [0.25, 0.3) is 10.6 Å². The van der Waals surface area contributed by atoms with Crippen LogP contribution in [0.1, 0.15) is 50.4 Å². The van der Waals surface area contributed by atoms with Crippen molar-refractivity contribution >= 4 is 40.3 Å². The van der Waals surface area contributed by atoms with Gasteiger partial charge in [0, 0.05) is 57.9 Å². The smallest absolute Gasteiger partial charge is 0.408 e. The van der Waals surface area contributed by atoms with E-state index in [1.165, 1.54) is 16.2 Å². The Morgan fingerprint density at radius 1 is 1.17 bits per heavy atom. The van der Waals surface area contributed by atoms with Crippen molar-refractivity contribution in [3.63, 3.8) is 0 Å². The molecule has 5 heterocycles. The number of rotatable bonds is 5. The summed E-state index contributed by atoms with van der Waals surface area (Å²) in [6, 6.07) is 7.06. The van der Waals surface area contributed by atoms with Crippen molar-refractivity contribution in [2.75, 3.05) is 44.6 Å². The van der Waals surface area contributed by atoms with E-state index in [9.17, 15) is 24.3 Å². The molecule has 3 fully saturated rings. The van der Waals surface area contributed by atoms with E-state index >= 15 is 0 Å². The highest BCUT2D eigenvalue weighted by Gasteiger charge is 2.60. The monoisotopic (exact) mass is 584 g/mol. The second-order valence-electron chi connectivity index (χ2n) is 11.3. The third kappa shape index (κ3) is 5.73. The molecule has 13 heteroatoms. The number of anilines is 1. The Morgan fingerprint density at radius 3 is 2.54 bits per heavy atom. The number of piperidine rings is 1. The maximum atomic E-state index is 13.7. The number of carboxylic acid groups (broad SMARTS) is 1. The van der Waals surface area contributed by atoms with Crippen molar-refractivity contribution in [2.24, 2.45) is 0 Å². The van der Waals surface area contributed by atoms with Gasteiger partial charge < -0.3 is 20.1 Å². The predicted molar refractivity (Wildman–Crippen MR) is 153 cm³/mol. The molecule has 3 aliphatic rings. The van der Waals surface area contributed by atoms with Gasteiger partial charge in [0.25, 0.3) is 5.91 Å². The highest BCUT2D eigenvalue weighted by molar-refractivity contribution is 7.20. The summed E-state index contributed by atoms with van der Waals surface area (Å²) in [5.74, 6) is -0.655. The average molecular weight is 585 g/mol. The molecule has 1 atom stereocenters. The lowest BCUT2D eigenvalue weighted by Crippen LogP contribution is -2.68. The first kappa shape index (κ1) is 28.8. The number of esters is 1. The van der Waals surface area contributed by atoms with Crippen LogP contribution in [0.4, 0.5) is 14.6 Å². The quantitative estimate of drug-likeness (QED) is 0.454. The maximum absolute atomic E-state index is 13.7. The average Bonchev–Trinajstić information content (AvgIpc) is 3.45. The van der Waals surface area contributed by atoms with Crippen LogP contribution in [0.15, 0.2) is 30.5 Å². The van der Waals surface area contributed by atoms with E-state index in [4.69, 9.17) is 4.74 Å². The number of carbonyl (C=O) groups is 4. The molecule has 41 heavy (non-hydrogen) atoms. The zero-order chi connectivity index (χ0) is 29.4. The molecule has 0 radical (unpaired) electrons. The fourth-order valence-electron chi connectivity index (χ4n) is 6.21. The van der Waals surface area contributed by atoms with Crippen LogP contribution in [-0.4, -0.2) is 105 Å². The molecule has 0 aliphatic carbocycles. The van der Waals surface area contributed by atoms with Crippen molar-refractivity contribution in [1.82, 2.24) is 25.0 Å². The third-order valence-electron chi connectivity index (χ3n) is 8.00. The predicted octanol–water partition coefficient (Wildman–Crippen LogP) is 3.32. The lowest BCUT2D eigenvalue weighted by Gasteiger charge is -2.49. The Morgan fingerprint density at radius 2 is 1.93 bits per heavy atom. The third-order valence-corrected chi connectivity index (χ3v) is 9.08. The minimum atomic E-state index is -1.22. The van der Waals surface area contributed by atoms with Crippen LogP contribution in [0.3, 0.4) is 0 Å².